The number of amides is 1. The number of fused-ring (bicyclic) bond motifs is 1. The molecule has 7 heteroatoms. The summed E-state index contributed by atoms with van der Waals surface area (Å²) in [5, 5.41) is 3.49. The van der Waals surface area contributed by atoms with Crippen molar-refractivity contribution in [2.75, 3.05) is 31.6 Å². The van der Waals surface area contributed by atoms with E-state index in [4.69, 9.17) is 21.3 Å². The molecule has 0 aliphatic rings. The van der Waals surface area contributed by atoms with Crippen molar-refractivity contribution in [3.05, 3.63) is 53.3 Å². The lowest BCUT2D eigenvalue weighted by Crippen LogP contribution is -2.26. The SMILES string of the molecule is CCN(CC)CCc1nc2cc(NC(=O)COc3ccc(Cl)cc3)ccc2n1C. The van der Waals surface area contributed by atoms with Crippen molar-refractivity contribution < 1.29 is 9.53 Å². The monoisotopic (exact) mass is 414 g/mol. The molecular weight excluding hydrogens is 388 g/mol. The van der Waals surface area contributed by atoms with Crippen LogP contribution in [-0.2, 0) is 18.3 Å². The van der Waals surface area contributed by atoms with E-state index in [0.717, 1.165) is 42.9 Å². The Hall–Kier alpha value is -2.57. The van der Waals surface area contributed by atoms with Crippen LogP contribution in [0.5, 0.6) is 5.75 Å². The van der Waals surface area contributed by atoms with Gasteiger partial charge in [-0.3, -0.25) is 4.79 Å². The molecule has 0 aliphatic heterocycles. The molecule has 29 heavy (non-hydrogen) atoms. The minimum atomic E-state index is -0.225. The predicted molar refractivity (Wildman–Crippen MR) is 118 cm³/mol. The second-order valence-electron chi connectivity index (χ2n) is 6.86. The topological polar surface area (TPSA) is 59.4 Å². The number of aromatic nitrogens is 2. The van der Waals surface area contributed by atoms with Gasteiger partial charge in [-0.25, -0.2) is 4.98 Å². The zero-order valence-electron chi connectivity index (χ0n) is 17.1. The van der Waals surface area contributed by atoms with E-state index in [9.17, 15) is 4.79 Å². The number of aryl methyl sites for hydroxylation is 1. The van der Waals surface area contributed by atoms with Gasteiger partial charge in [-0.05, 0) is 55.6 Å². The van der Waals surface area contributed by atoms with Gasteiger partial charge in [-0.15, -0.1) is 0 Å². The Morgan fingerprint density at radius 2 is 1.90 bits per heavy atom. The van der Waals surface area contributed by atoms with E-state index in [-0.39, 0.29) is 12.5 Å². The molecule has 0 saturated carbocycles. The molecule has 6 nitrogen and oxygen atoms in total. The molecule has 2 aromatic carbocycles. The first-order valence-corrected chi connectivity index (χ1v) is 10.2. The minimum Gasteiger partial charge on any atom is -0.484 e. The number of nitrogens with one attached hydrogen (secondary N) is 1. The molecule has 0 radical (unpaired) electrons. The number of rotatable bonds is 9. The molecule has 1 N–H and O–H groups in total. The summed E-state index contributed by atoms with van der Waals surface area (Å²) in [5.41, 5.74) is 2.63. The molecule has 0 aliphatic carbocycles. The summed E-state index contributed by atoms with van der Waals surface area (Å²) in [6.45, 7) is 7.32. The molecule has 3 rings (SSSR count). The number of halogens is 1. The van der Waals surface area contributed by atoms with Gasteiger partial charge in [0.2, 0.25) is 0 Å². The molecule has 1 aromatic heterocycles. The molecule has 0 bridgehead atoms. The highest BCUT2D eigenvalue weighted by atomic mass is 35.5. The highest BCUT2D eigenvalue weighted by Gasteiger charge is 2.11. The van der Waals surface area contributed by atoms with Crippen molar-refractivity contribution in [2.45, 2.75) is 20.3 Å². The van der Waals surface area contributed by atoms with Crippen LogP contribution in [0.1, 0.15) is 19.7 Å². The molecule has 3 aromatic rings. The van der Waals surface area contributed by atoms with Crippen LogP contribution in [0, 0.1) is 0 Å². The summed E-state index contributed by atoms with van der Waals surface area (Å²) in [7, 11) is 2.03. The molecule has 1 heterocycles. The second-order valence-corrected chi connectivity index (χ2v) is 7.29. The van der Waals surface area contributed by atoms with Crippen LogP contribution in [0.2, 0.25) is 5.02 Å². The number of carbonyl (C=O) groups excluding carboxylic acids is 1. The molecule has 0 saturated heterocycles. The maximum Gasteiger partial charge on any atom is 0.262 e. The summed E-state index contributed by atoms with van der Waals surface area (Å²) < 4.78 is 7.61. The third kappa shape index (κ3) is 5.49. The van der Waals surface area contributed by atoms with Gasteiger partial charge in [0.25, 0.3) is 5.91 Å². The first-order chi connectivity index (χ1) is 14.0. The van der Waals surface area contributed by atoms with Crippen LogP contribution in [0.4, 0.5) is 5.69 Å². The number of likely N-dealkylation sites (N-methyl/N-ethyl adjacent to an activating group) is 1. The fourth-order valence-electron chi connectivity index (χ4n) is 3.23. The van der Waals surface area contributed by atoms with E-state index in [1.54, 1.807) is 24.3 Å². The lowest BCUT2D eigenvalue weighted by Gasteiger charge is -2.17. The average Bonchev–Trinajstić information content (AvgIpc) is 3.03. The van der Waals surface area contributed by atoms with Crippen molar-refractivity contribution in [2.24, 2.45) is 7.05 Å². The Bertz CT molecular complexity index is 965. The Morgan fingerprint density at radius 1 is 1.17 bits per heavy atom. The third-order valence-electron chi connectivity index (χ3n) is 4.99. The summed E-state index contributed by atoms with van der Waals surface area (Å²) in [6, 6.07) is 12.7. The Kier molecular flexibility index (Phi) is 7.12. The zero-order valence-corrected chi connectivity index (χ0v) is 17.9. The fraction of sp³-hybridized carbons (Fsp3) is 0.364. The van der Waals surface area contributed by atoms with Crippen LogP contribution in [0.25, 0.3) is 11.0 Å². The van der Waals surface area contributed by atoms with Gasteiger partial charge in [0.15, 0.2) is 6.61 Å². The first-order valence-electron chi connectivity index (χ1n) is 9.86. The van der Waals surface area contributed by atoms with E-state index in [1.807, 2.05) is 25.2 Å². The summed E-state index contributed by atoms with van der Waals surface area (Å²) in [6.07, 6.45) is 0.892. The highest BCUT2D eigenvalue weighted by Crippen LogP contribution is 2.20. The number of hydrogen-bond donors (Lipinski definition) is 1. The number of hydrogen-bond acceptors (Lipinski definition) is 4. The average molecular weight is 415 g/mol. The van der Waals surface area contributed by atoms with Crippen LogP contribution in [-0.4, -0.2) is 46.6 Å². The maximum absolute atomic E-state index is 12.2. The molecule has 0 fully saturated rings. The zero-order chi connectivity index (χ0) is 20.8. The molecular formula is C22H27ClN4O2. The number of nitrogens with zero attached hydrogens (tertiary/aromatic N) is 3. The van der Waals surface area contributed by atoms with Gasteiger partial charge in [-0.1, -0.05) is 25.4 Å². The van der Waals surface area contributed by atoms with Crippen molar-refractivity contribution >= 4 is 34.2 Å². The Balaban J connectivity index is 1.62. The number of ether oxygens (including phenoxy) is 1. The predicted octanol–water partition coefficient (Wildman–Crippen LogP) is 4.13. The van der Waals surface area contributed by atoms with Crippen molar-refractivity contribution in [3.63, 3.8) is 0 Å². The van der Waals surface area contributed by atoms with Crippen LogP contribution in [0.3, 0.4) is 0 Å². The first kappa shape index (κ1) is 21.1. The van der Waals surface area contributed by atoms with Gasteiger partial charge in [0, 0.05) is 30.7 Å². The number of benzene rings is 2. The van der Waals surface area contributed by atoms with E-state index >= 15 is 0 Å². The minimum absolute atomic E-state index is 0.0724. The van der Waals surface area contributed by atoms with Crippen molar-refractivity contribution in [1.29, 1.82) is 0 Å². The number of anilines is 1. The van der Waals surface area contributed by atoms with Gasteiger partial charge in [0.1, 0.15) is 11.6 Å². The van der Waals surface area contributed by atoms with Gasteiger partial charge >= 0.3 is 0 Å². The van der Waals surface area contributed by atoms with Crippen LogP contribution < -0.4 is 10.1 Å². The van der Waals surface area contributed by atoms with Crippen LogP contribution in [0.15, 0.2) is 42.5 Å². The largest absolute Gasteiger partial charge is 0.484 e. The van der Waals surface area contributed by atoms with E-state index in [0.29, 0.717) is 16.5 Å². The number of carbonyl (C=O) groups is 1. The van der Waals surface area contributed by atoms with Crippen LogP contribution >= 0.6 is 11.6 Å². The standard InChI is InChI=1S/C22H27ClN4O2/c1-4-27(5-2)13-12-21-25-19-14-17(8-11-20(19)26(21)3)24-22(28)15-29-18-9-6-16(23)7-10-18/h6-11,14H,4-5,12-13,15H2,1-3H3,(H,24,28). The lowest BCUT2D eigenvalue weighted by atomic mass is 10.2. The van der Waals surface area contributed by atoms with E-state index in [2.05, 4.69) is 28.6 Å². The number of imidazole rings is 1. The normalized spacial score (nSPS) is 11.2. The summed E-state index contributed by atoms with van der Waals surface area (Å²) in [5.74, 6) is 1.42. The molecule has 1 amide bonds. The quantitative estimate of drug-likeness (QED) is 0.572. The third-order valence-corrected chi connectivity index (χ3v) is 5.24. The Labute approximate surface area is 176 Å². The molecule has 0 atom stereocenters. The van der Waals surface area contributed by atoms with Crippen molar-refractivity contribution in [1.82, 2.24) is 14.5 Å². The molecule has 0 spiro atoms. The van der Waals surface area contributed by atoms with E-state index in [1.165, 1.54) is 0 Å². The lowest BCUT2D eigenvalue weighted by molar-refractivity contribution is -0.118. The fourth-order valence-corrected chi connectivity index (χ4v) is 3.35. The maximum atomic E-state index is 12.2. The van der Waals surface area contributed by atoms with E-state index < -0.39 is 0 Å². The Morgan fingerprint density at radius 3 is 2.59 bits per heavy atom. The highest BCUT2D eigenvalue weighted by molar-refractivity contribution is 6.30. The summed E-state index contributed by atoms with van der Waals surface area (Å²) in [4.78, 5) is 19.4. The molecule has 0 unspecified atom stereocenters. The molecule has 154 valence electrons. The summed E-state index contributed by atoms with van der Waals surface area (Å²) >= 11 is 5.85. The smallest absolute Gasteiger partial charge is 0.262 e. The second kappa shape index (κ2) is 9.76. The van der Waals surface area contributed by atoms with Gasteiger partial charge in [-0.2, -0.15) is 0 Å². The van der Waals surface area contributed by atoms with Crippen molar-refractivity contribution in [3.8, 4) is 5.75 Å². The van der Waals surface area contributed by atoms with Gasteiger partial charge in [0.05, 0.1) is 11.0 Å². The van der Waals surface area contributed by atoms with Gasteiger partial charge < -0.3 is 19.5 Å².